The molecule has 3 aromatic rings. The molecule has 0 amide bonds. The van der Waals surface area contributed by atoms with E-state index in [2.05, 4.69) is 59.3 Å². The minimum absolute atomic E-state index is 0.811. The molecule has 0 fully saturated rings. The van der Waals surface area contributed by atoms with Gasteiger partial charge in [0, 0.05) is 10.0 Å². The number of ether oxygens (including phenoxy) is 1. The van der Waals surface area contributed by atoms with Gasteiger partial charge < -0.3 is 4.74 Å². The van der Waals surface area contributed by atoms with E-state index in [9.17, 15) is 0 Å². The van der Waals surface area contributed by atoms with Gasteiger partial charge in [0.25, 0.3) is 0 Å². The highest BCUT2D eigenvalue weighted by molar-refractivity contribution is 9.10. The minimum atomic E-state index is 0.811. The molecule has 2 nitrogen and oxygen atoms in total. The lowest BCUT2D eigenvalue weighted by atomic mass is 10.1. The summed E-state index contributed by atoms with van der Waals surface area (Å²) in [6, 6.07) is 14.6. The average Bonchev–Trinajstić information content (AvgIpc) is 3.15. The monoisotopic (exact) mass is 473 g/mol. The molecule has 0 unspecified atom stereocenters. The molecular weight excluding hydrogens is 442 g/mol. The lowest BCUT2D eigenvalue weighted by Crippen LogP contribution is -1.97. The number of nitrogens with zero attached hydrogens (tertiary/aromatic N) is 1. The first-order valence-corrected chi connectivity index (χ1v) is 12.7. The standard InChI is InChI=1S/C25H32BrNOS/c1-2-3-4-5-6-7-8-9-10-11-18-28-22-15-12-20(13-16-22)25-27-23-17-14-21(26)19-24(23)29-25/h12-17,19H,2-11,18H2,1H3. The summed E-state index contributed by atoms with van der Waals surface area (Å²) in [6.45, 7) is 3.09. The Labute approximate surface area is 187 Å². The van der Waals surface area contributed by atoms with Gasteiger partial charge in [0.1, 0.15) is 10.8 Å². The molecule has 29 heavy (non-hydrogen) atoms. The van der Waals surface area contributed by atoms with Crippen LogP contribution in [0.3, 0.4) is 0 Å². The predicted molar refractivity (Wildman–Crippen MR) is 130 cm³/mol. The van der Waals surface area contributed by atoms with E-state index in [-0.39, 0.29) is 0 Å². The number of rotatable bonds is 13. The molecule has 1 aromatic heterocycles. The van der Waals surface area contributed by atoms with Crippen LogP contribution in [0.1, 0.15) is 71.1 Å². The summed E-state index contributed by atoms with van der Waals surface area (Å²) in [7, 11) is 0. The van der Waals surface area contributed by atoms with E-state index in [4.69, 9.17) is 9.72 Å². The van der Waals surface area contributed by atoms with Crippen LogP contribution in [-0.2, 0) is 0 Å². The van der Waals surface area contributed by atoms with Crippen molar-refractivity contribution in [2.24, 2.45) is 0 Å². The highest BCUT2D eigenvalue weighted by Crippen LogP contribution is 2.32. The Morgan fingerprint density at radius 3 is 2.17 bits per heavy atom. The zero-order valence-electron chi connectivity index (χ0n) is 17.5. The molecule has 0 aliphatic heterocycles. The van der Waals surface area contributed by atoms with Gasteiger partial charge in [-0.3, -0.25) is 0 Å². The maximum Gasteiger partial charge on any atom is 0.124 e. The quantitative estimate of drug-likeness (QED) is 0.231. The Hall–Kier alpha value is -1.39. The topological polar surface area (TPSA) is 22.1 Å². The zero-order chi connectivity index (χ0) is 20.3. The van der Waals surface area contributed by atoms with E-state index in [0.29, 0.717) is 0 Å². The number of hydrogen-bond donors (Lipinski definition) is 0. The molecule has 0 aliphatic carbocycles. The highest BCUT2D eigenvalue weighted by atomic mass is 79.9. The molecule has 0 N–H and O–H groups in total. The number of halogens is 1. The molecule has 0 saturated heterocycles. The Morgan fingerprint density at radius 2 is 1.48 bits per heavy atom. The van der Waals surface area contributed by atoms with Crippen molar-refractivity contribution in [3.63, 3.8) is 0 Å². The fraction of sp³-hybridized carbons (Fsp3) is 0.480. The molecule has 0 spiro atoms. The lowest BCUT2D eigenvalue weighted by molar-refractivity contribution is 0.304. The Morgan fingerprint density at radius 1 is 0.828 bits per heavy atom. The summed E-state index contributed by atoms with van der Waals surface area (Å²) in [6.07, 6.45) is 13.5. The largest absolute Gasteiger partial charge is 0.494 e. The number of aromatic nitrogens is 1. The third-order valence-corrected chi connectivity index (χ3v) is 6.78. The third kappa shape index (κ3) is 7.42. The van der Waals surface area contributed by atoms with Gasteiger partial charge in [-0.1, -0.05) is 80.6 Å². The molecular formula is C25H32BrNOS. The number of hydrogen-bond acceptors (Lipinski definition) is 3. The molecule has 2 aromatic carbocycles. The van der Waals surface area contributed by atoms with Gasteiger partial charge in [0.05, 0.1) is 16.8 Å². The number of benzene rings is 2. The van der Waals surface area contributed by atoms with Crippen molar-refractivity contribution in [3.05, 3.63) is 46.9 Å². The summed E-state index contributed by atoms with van der Waals surface area (Å²) in [5.74, 6) is 0.952. The van der Waals surface area contributed by atoms with E-state index in [0.717, 1.165) is 39.3 Å². The van der Waals surface area contributed by atoms with Crippen molar-refractivity contribution < 1.29 is 4.74 Å². The van der Waals surface area contributed by atoms with Gasteiger partial charge in [-0.05, 0) is 48.9 Å². The van der Waals surface area contributed by atoms with Crippen LogP contribution in [0.25, 0.3) is 20.8 Å². The Kier molecular flexibility index (Phi) is 9.49. The first-order chi connectivity index (χ1) is 14.3. The molecule has 0 radical (unpaired) electrons. The van der Waals surface area contributed by atoms with Crippen LogP contribution in [0.15, 0.2) is 46.9 Å². The summed E-state index contributed by atoms with van der Waals surface area (Å²) >= 11 is 5.25. The second kappa shape index (κ2) is 12.3. The van der Waals surface area contributed by atoms with Crippen molar-refractivity contribution in [2.45, 2.75) is 71.1 Å². The summed E-state index contributed by atoms with van der Waals surface area (Å²) in [4.78, 5) is 4.74. The maximum absolute atomic E-state index is 5.92. The second-order valence-corrected chi connectivity index (χ2v) is 9.63. The second-order valence-electron chi connectivity index (χ2n) is 7.69. The van der Waals surface area contributed by atoms with Crippen LogP contribution in [0.2, 0.25) is 0 Å². The van der Waals surface area contributed by atoms with Crippen LogP contribution < -0.4 is 4.74 Å². The molecule has 0 aliphatic rings. The summed E-state index contributed by atoms with van der Waals surface area (Å²) < 4.78 is 8.22. The van der Waals surface area contributed by atoms with E-state index < -0.39 is 0 Å². The SMILES string of the molecule is CCCCCCCCCCCCOc1ccc(-c2nc3ccc(Br)cc3s2)cc1. The fourth-order valence-corrected chi connectivity index (χ4v) is 5.02. The fourth-order valence-electron chi connectivity index (χ4n) is 3.50. The van der Waals surface area contributed by atoms with Crippen molar-refractivity contribution in [1.82, 2.24) is 4.98 Å². The van der Waals surface area contributed by atoms with Gasteiger partial charge in [-0.2, -0.15) is 0 Å². The smallest absolute Gasteiger partial charge is 0.124 e. The van der Waals surface area contributed by atoms with Crippen molar-refractivity contribution in [2.75, 3.05) is 6.61 Å². The first-order valence-electron chi connectivity index (χ1n) is 11.1. The van der Waals surface area contributed by atoms with E-state index in [1.807, 2.05) is 6.07 Å². The van der Waals surface area contributed by atoms with Crippen molar-refractivity contribution in [1.29, 1.82) is 0 Å². The number of unbranched alkanes of at least 4 members (excludes halogenated alkanes) is 9. The molecule has 0 saturated carbocycles. The third-order valence-electron chi connectivity index (χ3n) is 5.22. The van der Waals surface area contributed by atoms with Crippen LogP contribution in [-0.4, -0.2) is 11.6 Å². The van der Waals surface area contributed by atoms with Gasteiger partial charge in [-0.25, -0.2) is 4.98 Å². The summed E-state index contributed by atoms with van der Waals surface area (Å²) in [5.41, 5.74) is 2.20. The highest BCUT2D eigenvalue weighted by Gasteiger charge is 2.07. The molecule has 3 rings (SSSR count). The Bertz CT molecular complexity index is 859. The maximum atomic E-state index is 5.92. The van der Waals surface area contributed by atoms with Crippen LogP contribution >= 0.6 is 27.3 Å². The van der Waals surface area contributed by atoms with Gasteiger partial charge in [0.15, 0.2) is 0 Å². The van der Waals surface area contributed by atoms with Crippen molar-refractivity contribution >= 4 is 37.5 Å². The van der Waals surface area contributed by atoms with E-state index in [1.165, 1.54) is 62.5 Å². The van der Waals surface area contributed by atoms with Crippen LogP contribution in [0.5, 0.6) is 5.75 Å². The molecule has 0 bridgehead atoms. The summed E-state index contributed by atoms with van der Waals surface area (Å²) in [5, 5.41) is 1.05. The van der Waals surface area contributed by atoms with Gasteiger partial charge >= 0.3 is 0 Å². The normalized spacial score (nSPS) is 11.2. The molecule has 4 heteroatoms. The average molecular weight is 475 g/mol. The number of fused-ring (bicyclic) bond motifs is 1. The lowest BCUT2D eigenvalue weighted by Gasteiger charge is -2.07. The van der Waals surface area contributed by atoms with Crippen LogP contribution in [0, 0.1) is 0 Å². The minimum Gasteiger partial charge on any atom is -0.494 e. The van der Waals surface area contributed by atoms with Gasteiger partial charge in [0.2, 0.25) is 0 Å². The molecule has 1 heterocycles. The van der Waals surface area contributed by atoms with Crippen LogP contribution in [0.4, 0.5) is 0 Å². The van der Waals surface area contributed by atoms with E-state index in [1.54, 1.807) is 11.3 Å². The van der Waals surface area contributed by atoms with Crippen molar-refractivity contribution in [3.8, 4) is 16.3 Å². The van der Waals surface area contributed by atoms with E-state index >= 15 is 0 Å². The first kappa shape index (κ1) is 22.3. The predicted octanol–water partition coefficient (Wildman–Crippen LogP) is 9.03. The zero-order valence-corrected chi connectivity index (χ0v) is 19.9. The molecule has 156 valence electrons. The van der Waals surface area contributed by atoms with Gasteiger partial charge in [-0.15, -0.1) is 11.3 Å². The molecule has 0 atom stereocenters. The Balaban J connectivity index is 1.33. The number of thiazole rings is 1.